The summed E-state index contributed by atoms with van der Waals surface area (Å²) in [4.78, 5) is 0. The monoisotopic (exact) mass is 718 g/mol. The Morgan fingerprint density at radius 3 is 1.24 bits per heavy atom. The van der Waals surface area contributed by atoms with E-state index in [1.54, 1.807) is 0 Å². The molecule has 4 unspecified atom stereocenters. The number of nitrogens with zero attached hydrogens (tertiary/aromatic N) is 6. The van der Waals surface area contributed by atoms with Crippen LogP contribution in [0.5, 0.6) is 0 Å². The molecule has 0 bridgehead atoms. The van der Waals surface area contributed by atoms with E-state index < -0.39 is 150 Å². The average molecular weight is 718 g/mol. The first-order valence-corrected chi connectivity index (χ1v) is 13.7. The maximum atomic E-state index is 15.3. The van der Waals surface area contributed by atoms with Crippen LogP contribution in [-0.4, -0.2) is 0 Å². The predicted molar refractivity (Wildman–Crippen MR) is 143 cm³/mol. The molecular weight excluding hydrogens is 708 g/mol. The van der Waals surface area contributed by atoms with Crippen molar-refractivity contribution in [2.45, 2.75) is 25.2 Å². The highest BCUT2D eigenvalue weighted by atomic mass is 19.2. The van der Waals surface area contributed by atoms with E-state index in [0.717, 1.165) is 25.1 Å². The van der Waals surface area contributed by atoms with Crippen LogP contribution in [0.3, 0.4) is 0 Å². The average Bonchev–Trinajstić information content (AvgIpc) is 3.77. The molecule has 5 atom stereocenters. The summed E-state index contributed by atoms with van der Waals surface area (Å²) >= 11 is 0. The lowest BCUT2D eigenvalue weighted by Gasteiger charge is -2.19. The SMILES string of the molecule is C[C@H]1C(/C(CC(C#N)c2c(F)c(F)c(C#N)c(F)c2F)=C(/C#N)c2c(F)c(F)c(C#N)c(F)c2F)C1C(C#N)c1c(F)c(F)c(C#N)c(F)c1F. The van der Waals surface area contributed by atoms with Gasteiger partial charge in [-0.3, -0.25) is 0 Å². The maximum absolute atomic E-state index is 15.3. The highest BCUT2D eigenvalue weighted by Crippen LogP contribution is 2.61. The largest absolute Gasteiger partial charge is 0.203 e. The fourth-order valence-electron chi connectivity index (χ4n) is 6.04. The Hall–Kier alpha value is -6.50. The van der Waals surface area contributed by atoms with Gasteiger partial charge in [-0.05, 0) is 29.7 Å². The van der Waals surface area contributed by atoms with Gasteiger partial charge in [-0.25, -0.2) is 52.7 Å². The van der Waals surface area contributed by atoms with Crippen molar-refractivity contribution in [1.82, 2.24) is 0 Å². The Kier molecular flexibility index (Phi) is 10.1. The van der Waals surface area contributed by atoms with Gasteiger partial charge in [0, 0.05) is 11.1 Å². The first kappa shape index (κ1) is 37.3. The van der Waals surface area contributed by atoms with Crippen LogP contribution >= 0.6 is 0 Å². The minimum absolute atomic E-state index is 0.834. The maximum Gasteiger partial charge on any atom is 0.180 e. The summed E-state index contributed by atoms with van der Waals surface area (Å²) in [6, 6.07) is 6.29. The quantitative estimate of drug-likeness (QED) is 0.137. The fraction of sp³-hybridized carbons (Fsp3) is 0.212. The molecule has 0 heterocycles. The smallest absolute Gasteiger partial charge is 0.180 e. The third-order valence-electron chi connectivity index (χ3n) is 8.49. The molecule has 0 spiro atoms. The van der Waals surface area contributed by atoms with Crippen molar-refractivity contribution in [2.75, 3.05) is 0 Å². The Morgan fingerprint density at radius 2 is 0.902 bits per heavy atom. The van der Waals surface area contributed by atoms with E-state index in [1.807, 2.05) is 0 Å². The third kappa shape index (κ3) is 5.62. The molecule has 0 amide bonds. The summed E-state index contributed by atoms with van der Waals surface area (Å²) < 4.78 is 178. The van der Waals surface area contributed by atoms with Crippen molar-refractivity contribution >= 4 is 5.57 Å². The van der Waals surface area contributed by atoms with Crippen LogP contribution in [0.25, 0.3) is 5.57 Å². The number of hydrogen-bond donors (Lipinski definition) is 0. The summed E-state index contributed by atoms with van der Waals surface area (Å²) in [5.74, 6) is -37.4. The molecule has 4 rings (SSSR count). The molecule has 0 saturated heterocycles. The first-order chi connectivity index (χ1) is 24.0. The van der Waals surface area contributed by atoms with E-state index >= 15 is 26.3 Å². The molecule has 3 aromatic carbocycles. The molecule has 256 valence electrons. The molecule has 1 saturated carbocycles. The van der Waals surface area contributed by atoms with Crippen LogP contribution in [0.1, 0.15) is 58.6 Å². The van der Waals surface area contributed by atoms with Crippen molar-refractivity contribution in [2.24, 2.45) is 17.8 Å². The normalized spacial score (nSPS) is 17.8. The summed E-state index contributed by atoms with van der Waals surface area (Å²) in [7, 11) is 0. The van der Waals surface area contributed by atoms with E-state index in [9.17, 15) is 42.1 Å². The van der Waals surface area contributed by atoms with Crippen LogP contribution < -0.4 is 0 Å². The van der Waals surface area contributed by atoms with Crippen molar-refractivity contribution in [3.8, 4) is 36.4 Å². The van der Waals surface area contributed by atoms with Crippen molar-refractivity contribution in [1.29, 1.82) is 31.6 Å². The zero-order valence-corrected chi connectivity index (χ0v) is 24.8. The summed E-state index contributed by atoms with van der Waals surface area (Å²) in [5.41, 5.74) is -13.0. The first-order valence-electron chi connectivity index (χ1n) is 13.7. The molecule has 6 nitrogen and oxygen atoms in total. The minimum atomic E-state index is -2.54. The van der Waals surface area contributed by atoms with Gasteiger partial charge in [0.25, 0.3) is 0 Å². The molecule has 0 N–H and O–H groups in total. The number of allylic oxidation sites excluding steroid dienone is 2. The van der Waals surface area contributed by atoms with Crippen LogP contribution in [0.2, 0.25) is 0 Å². The lowest BCUT2D eigenvalue weighted by molar-refractivity contribution is 0.423. The lowest BCUT2D eigenvalue weighted by atomic mass is 9.83. The molecule has 51 heavy (non-hydrogen) atoms. The van der Waals surface area contributed by atoms with E-state index in [2.05, 4.69) is 0 Å². The van der Waals surface area contributed by atoms with E-state index in [1.165, 1.54) is 18.2 Å². The minimum Gasteiger partial charge on any atom is -0.203 e. The highest BCUT2D eigenvalue weighted by molar-refractivity contribution is 5.81. The van der Waals surface area contributed by atoms with Gasteiger partial charge in [0.2, 0.25) is 0 Å². The second-order valence-corrected chi connectivity index (χ2v) is 10.9. The predicted octanol–water partition coefficient (Wildman–Crippen LogP) is 8.13. The number of rotatable bonds is 7. The molecule has 0 aliphatic heterocycles. The van der Waals surface area contributed by atoms with E-state index in [-0.39, 0.29) is 0 Å². The van der Waals surface area contributed by atoms with Gasteiger partial charge < -0.3 is 0 Å². The van der Waals surface area contributed by atoms with Gasteiger partial charge in [0.1, 0.15) is 34.9 Å². The van der Waals surface area contributed by atoms with Crippen molar-refractivity contribution < 1.29 is 52.7 Å². The third-order valence-corrected chi connectivity index (χ3v) is 8.49. The molecule has 3 aromatic rings. The fourth-order valence-corrected chi connectivity index (χ4v) is 6.04. The Bertz CT molecular complexity index is 2260. The standard InChI is InChI=1S/C33H10F12N6/c1-9-17(18(9)13(5-48)21-32(44)26(38)16(8-51)27(39)33(21)45)11(12(4-47)20-30(42)24(36)15(7-50)25(37)31(20)43)2-10(3-46)19-28(40)22(34)14(6-49)23(35)29(19)41/h9-10,13,17-18H,2H2,1H3/b12-11-/t9-,10?,13?,17?,18?/m0/s1. The topological polar surface area (TPSA) is 143 Å². The van der Waals surface area contributed by atoms with Crippen LogP contribution in [-0.2, 0) is 0 Å². The van der Waals surface area contributed by atoms with Crippen LogP contribution in [0.15, 0.2) is 5.57 Å². The molecule has 18 heteroatoms. The van der Waals surface area contributed by atoms with Crippen LogP contribution in [0.4, 0.5) is 52.7 Å². The van der Waals surface area contributed by atoms with Crippen molar-refractivity contribution in [3.05, 3.63) is 109 Å². The van der Waals surface area contributed by atoms with E-state index in [4.69, 9.17) is 15.8 Å². The number of halogens is 12. The summed E-state index contributed by atoms with van der Waals surface area (Å²) in [6.45, 7) is 1.09. The molecule has 1 fully saturated rings. The molecule has 0 aromatic heterocycles. The second kappa shape index (κ2) is 13.8. The lowest BCUT2D eigenvalue weighted by Crippen LogP contribution is -2.15. The number of benzene rings is 3. The zero-order valence-electron chi connectivity index (χ0n) is 24.8. The Morgan fingerprint density at radius 1 is 0.529 bits per heavy atom. The molecular formula is C33H10F12N6. The number of nitriles is 6. The summed E-state index contributed by atoms with van der Waals surface area (Å²) in [6.07, 6.45) is -1.44. The molecule has 0 radical (unpaired) electrons. The zero-order chi connectivity index (χ0) is 38.4. The van der Waals surface area contributed by atoms with Gasteiger partial charge in [-0.1, -0.05) is 6.92 Å². The summed E-state index contributed by atoms with van der Waals surface area (Å²) in [5, 5.41) is 56.5. The second-order valence-electron chi connectivity index (χ2n) is 10.9. The van der Waals surface area contributed by atoms with Gasteiger partial charge in [0.05, 0.1) is 41.2 Å². The Labute approximate surface area is 278 Å². The number of hydrogen-bond acceptors (Lipinski definition) is 6. The van der Waals surface area contributed by atoms with Gasteiger partial charge in [0.15, 0.2) is 69.8 Å². The van der Waals surface area contributed by atoms with Crippen LogP contribution in [0, 0.1) is 156 Å². The highest BCUT2D eigenvalue weighted by Gasteiger charge is 2.56. The van der Waals surface area contributed by atoms with Gasteiger partial charge in [-0.15, -0.1) is 0 Å². The van der Waals surface area contributed by atoms with Gasteiger partial charge in [-0.2, -0.15) is 31.6 Å². The van der Waals surface area contributed by atoms with E-state index in [0.29, 0.717) is 0 Å². The molecule has 1 aliphatic rings. The van der Waals surface area contributed by atoms with Gasteiger partial charge >= 0.3 is 0 Å². The Balaban J connectivity index is 2.07. The molecule has 1 aliphatic carbocycles. The van der Waals surface area contributed by atoms with Crippen molar-refractivity contribution in [3.63, 3.8) is 0 Å².